The topological polar surface area (TPSA) is 109 Å². The summed E-state index contributed by atoms with van der Waals surface area (Å²) in [4.78, 5) is -0.398. The molecule has 0 fully saturated rings. The van der Waals surface area contributed by atoms with Crippen LogP contribution in [-0.2, 0) is 26.7 Å². The predicted octanol–water partition coefficient (Wildman–Crippen LogP) is 0.975. The molecule has 1 atom stereocenters. The monoisotopic (exact) mass is 290 g/mol. The Morgan fingerprint density at radius 3 is 2.33 bits per heavy atom. The van der Waals surface area contributed by atoms with E-state index in [1.54, 1.807) is 6.08 Å². The first-order chi connectivity index (χ1) is 8.19. The number of benzene rings is 1. The van der Waals surface area contributed by atoms with Crippen LogP contribution in [0.25, 0.3) is 0 Å². The van der Waals surface area contributed by atoms with E-state index in [1.165, 1.54) is 18.2 Å². The average molecular weight is 290 g/mol. The molecule has 0 saturated carbocycles. The Bertz CT molecular complexity index is 715. The van der Waals surface area contributed by atoms with Gasteiger partial charge in [0.15, 0.2) is 0 Å². The van der Waals surface area contributed by atoms with E-state index in [-0.39, 0.29) is 5.56 Å². The van der Waals surface area contributed by atoms with Crippen molar-refractivity contribution < 1.29 is 25.9 Å². The molecule has 0 amide bonds. The van der Waals surface area contributed by atoms with Crippen LogP contribution in [0.5, 0.6) is 0 Å². The van der Waals surface area contributed by atoms with Gasteiger partial charge in [-0.05, 0) is 29.7 Å². The lowest BCUT2D eigenvalue weighted by Crippen LogP contribution is -2.15. The highest BCUT2D eigenvalue weighted by Gasteiger charge is 2.28. The summed E-state index contributed by atoms with van der Waals surface area (Å²) in [7, 11) is -8.77. The van der Waals surface area contributed by atoms with Crippen molar-refractivity contribution in [2.75, 3.05) is 0 Å². The Balaban J connectivity index is 2.65. The summed E-state index contributed by atoms with van der Waals surface area (Å²) in [6.45, 7) is 0. The normalized spacial score (nSPS) is 19.6. The summed E-state index contributed by atoms with van der Waals surface area (Å²) in [6.07, 6.45) is 3.30. The Hall–Kier alpha value is -1.22. The van der Waals surface area contributed by atoms with Gasteiger partial charge in [0.1, 0.15) is 5.25 Å². The van der Waals surface area contributed by atoms with Crippen LogP contribution in [0.1, 0.15) is 16.4 Å². The van der Waals surface area contributed by atoms with Gasteiger partial charge in [0.25, 0.3) is 20.2 Å². The molecule has 2 rings (SSSR count). The zero-order chi connectivity index (χ0) is 13.6. The standard InChI is InChI=1S/C10H10O6S2/c11-17(12,13)8-5-4-7-2-1-3-10(9(7)6-8)18(14,15)16/h1,3-6,10H,2H2,(H,11,12,13)(H,14,15,16). The van der Waals surface area contributed by atoms with Crippen LogP contribution in [-0.4, -0.2) is 25.9 Å². The molecule has 1 aromatic carbocycles. The quantitative estimate of drug-likeness (QED) is 0.620. The van der Waals surface area contributed by atoms with Gasteiger partial charge in [-0.1, -0.05) is 18.2 Å². The summed E-state index contributed by atoms with van der Waals surface area (Å²) in [6, 6.07) is 3.67. The van der Waals surface area contributed by atoms with Gasteiger partial charge in [0.05, 0.1) is 4.90 Å². The number of hydrogen-bond donors (Lipinski definition) is 2. The van der Waals surface area contributed by atoms with Crippen molar-refractivity contribution in [3.05, 3.63) is 41.5 Å². The second-order valence-electron chi connectivity index (χ2n) is 3.90. The van der Waals surface area contributed by atoms with E-state index in [2.05, 4.69) is 0 Å². The van der Waals surface area contributed by atoms with Crippen LogP contribution in [0, 0.1) is 0 Å². The van der Waals surface area contributed by atoms with Crippen LogP contribution >= 0.6 is 0 Å². The molecule has 1 aromatic rings. The summed E-state index contributed by atoms with van der Waals surface area (Å²) in [5.74, 6) is 0. The van der Waals surface area contributed by atoms with Crippen molar-refractivity contribution >= 4 is 20.2 Å². The fourth-order valence-corrected chi connectivity index (χ4v) is 3.23. The second-order valence-corrected chi connectivity index (χ2v) is 6.86. The Morgan fingerprint density at radius 1 is 1.11 bits per heavy atom. The third-order valence-electron chi connectivity index (χ3n) is 2.69. The third kappa shape index (κ3) is 2.46. The lowest BCUT2D eigenvalue weighted by Gasteiger charge is -2.19. The first-order valence-electron chi connectivity index (χ1n) is 4.93. The van der Waals surface area contributed by atoms with Gasteiger partial charge in [0, 0.05) is 0 Å². The summed E-state index contributed by atoms with van der Waals surface area (Å²) in [5.41, 5.74) is 0.752. The highest BCUT2D eigenvalue weighted by molar-refractivity contribution is 7.86. The second kappa shape index (κ2) is 4.16. The van der Waals surface area contributed by atoms with E-state index in [4.69, 9.17) is 9.11 Å². The Kier molecular flexibility index (Phi) is 3.06. The minimum Gasteiger partial charge on any atom is -0.285 e. The maximum absolute atomic E-state index is 11.2. The highest BCUT2D eigenvalue weighted by atomic mass is 32.2. The first kappa shape index (κ1) is 13.2. The SMILES string of the molecule is O=S(=O)(O)c1ccc2c(c1)C(S(=O)(=O)O)C=CC2. The van der Waals surface area contributed by atoms with Crippen molar-refractivity contribution in [1.82, 2.24) is 0 Å². The van der Waals surface area contributed by atoms with Crippen LogP contribution in [0.3, 0.4) is 0 Å². The van der Waals surface area contributed by atoms with Gasteiger partial charge in [-0.15, -0.1) is 0 Å². The Morgan fingerprint density at radius 2 is 1.78 bits per heavy atom. The fourth-order valence-electron chi connectivity index (χ4n) is 1.87. The zero-order valence-electron chi connectivity index (χ0n) is 9.02. The maximum Gasteiger partial charge on any atom is 0.294 e. The lowest BCUT2D eigenvalue weighted by atomic mass is 9.97. The molecule has 0 bridgehead atoms. The summed E-state index contributed by atoms with van der Waals surface area (Å²) in [5, 5.41) is -1.30. The van der Waals surface area contributed by atoms with Crippen LogP contribution in [0.15, 0.2) is 35.2 Å². The number of rotatable bonds is 2. The van der Waals surface area contributed by atoms with E-state index in [0.717, 1.165) is 6.07 Å². The summed E-state index contributed by atoms with van der Waals surface area (Å²) >= 11 is 0. The van der Waals surface area contributed by atoms with Gasteiger partial charge in [-0.2, -0.15) is 16.8 Å². The molecule has 1 aliphatic rings. The van der Waals surface area contributed by atoms with Gasteiger partial charge < -0.3 is 0 Å². The average Bonchev–Trinajstić information content (AvgIpc) is 2.25. The van der Waals surface area contributed by atoms with E-state index in [0.29, 0.717) is 12.0 Å². The molecule has 0 aromatic heterocycles. The van der Waals surface area contributed by atoms with Gasteiger partial charge in [0.2, 0.25) is 0 Å². The molecule has 0 spiro atoms. The molecule has 0 radical (unpaired) electrons. The predicted molar refractivity (Wildman–Crippen MR) is 63.4 cm³/mol. The molecule has 0 aliphatic heterocycles. The smallest absolute Gasteiger partial charge is 0.285 e. The van der Waals surface area contributed by atoms with E-state index in [9.17, 15) is 16.8 Å². The Labute approximate surface area is 104 Å². The molecule has 0 saturated heterocycles. The van der Waals surface area contributed by atoms with Crippen molar-refractivity contribution in [3.8, 4) is 0 Å². The van der Waals surface area contributed by atoms with Gasteiger partial charge in [-0.25, -0.2) is 0 Å². The lowest BCUT2D eigenvalue weighted by molar-refractivity contribution is 0.473. The first-order valence-corrected chi connectivity index (χ1v) is 7.87. The minimum absolute atomic E-state index is 0.162. The zero-order valence-corrected chi connectivity index (χ0v) is 10.6. The molecule has 2 N–H and O–H groups in total. The number of fused-ring (bicyclic) bond motifs is 1. The van der Waals surface area contributed by atoms with E-state index < -0.39 is 30.4 Å². The molecular weight excluding hydrogens is 280 g/mol. The molecule has 1 unspecified atom stereocenters. The molecular formula is C10H10O6S2. The van der Waals surface area contributed by atoms with Crippen molar-refractivity contribution in [3.63, 3.8) is 0 Å². The fraction of sp³-hybridized carbons (Fsp3) is 0.200. The van der Waals surface area contributed by atoms with Crippen molar-refractivity contribution in [2.45, 2.75) is 16.6 Å². The van der Waals surface area contributed by atoms with Crippen LogP contribution in [0.4, 0.5) is 0 Å². The minimum atomic E-state index is -4.41. The molecule has 0 heterocycles. The maximum atomic E-state index is 11.2. The molecule has 1 aliphatic carbocycles. The molecule has 98 valence electrons. The molecule has 8 heteroatoms. The van der Waals surface area contributed by atoms with E-state index in [1.807, 2.05) is 0 Å². The van der Waals surface area contributed by atoms with Crippen molar-refractivity contribution in [2.24, 2.45) is 0 Å². The largest absolute Gasteiger partial charge is 0.294 e. The van der Waals surface area contributed by atoms with Crippen LogP contribution < -0.4 is 0 Å². The molecule has 18 heavy (non-hydrogen) atoms. The van der Waals surface area contributed by atoms with Crippen molar-refractivity contribution in [1.29, 1.82) is 0 Å². The highest BCUT2D eigenvalue weighted by Crippen LogP contribution is 2.32. The number of hydrogen-bond acceptors (Lipinski definition) is 4. The van der Waals surface area contributed by atoms with E-state index >= 15 is 0 Å². The summed E-state index contributed by atoms with van der Waals surface area (Å²) < 4.78 is 62.4. The van der Waals surface area contributed by atoms with Crippen LogP contribution in [0.2, 0.25) is 0 Å². The number of allylic oxidation sites excluding steroid dienone is 1. The third-order valence-corrected chi connectivity index (χ3v) is 4.59. The van der Waals surface area contributed by atoms with Gasteiger partial charge >= 0.3 is 0 Å². The molecule has 6 nitrogen and oxygen atoms in total. The van der Waals surface area contributed by atoms with Gasteiger partial charge in [-0.3, -0.25) is 9.11 Å².